The predicted molar refractivity (Wildman–Crippen MR) is 101 cm³/mol. The summed E-state index contributed by atoms with van der Waals surface area (Å²) in [7, 11) is 2.15. The topological polar surface area (TPSA) is 35.6 Å². The van der Waals surface area contributed by atoms with Gasteiger partial charge >= 0.3 is 0 Å². The first-order chi connectivity index (χ1) is 11.5. The summed E-state index contributed by atoms with van der Waals surface area (Å²) in [5.74, 6) is 0.00405. The molecule has 1 saturated heterocycles. The van der Waals surface area contributed by atoms with E-state index in [4.69, 9.17) is 0 Å². The molecule has 128 valence electrons. The van der Waals surface area contributed by atoms with E-state index in [1.54, 1.807) is 11.3 Å². The van der Waals surface area contributed by atoms with Crippen LogP contribution in [0.1, 0.15) is 33.8 Å². The summed E-state index contributed by atoms with van der Waals surface area (Å²) in [6.07, 6.45) is 0. The van der Waals surface area contributed by atoms with Crippen molar-refractivity contribution in [3.63, 3.8) is 0 Å². The minimum Gasteiger partial charge on any atom is -0.369 e. The molecule has 1 aliphatic rings. The summed E-state index contributed by atoms with van der Waals surface area (Å²) in [5, 5.41) is 5.16. The second-order valence-corrected chi connectivity index (χ2v) is 7.48. The lowest BCUT2D eigenvalue weighted by atomic mass is 10.1. The van der Waals surface area contributed by atoms with E-state index in [1.807, 2.05) is 31.4 Å². The normalized spacial score (nSPS) is 16.9. The lowest BCUT2D eigenvalue weighted by molar-refractivity contribution is 0.0940. The highest BCUT2D eigenvalue weighted by atomic mass is 32.1. The molecule has 0 bridgehead atoms. The molecule has 3 rings (SSSR count). The van der Waals surface area contributed by atoms with Gasteiger partial charge in [-0.3, -0.25) is 4.79 Å². The van der Waals surface area contributed by atoms with Crippen molar-refractivity contribution in [2.75, 3.05) is 38.1 Å². The molecular formula is C19H25N3OS. The van der Waals surface area contributed by atoms with Gasteiger partial charge in [0, 0.05) is 42.3 Å². The zero-order valence-corrected chi connectivity index (χ0v) is 15.4. The van der Waals surface area contributed by atoms with Gasteiger partial charge in [-0.25, -0.2) is 0 Å². The molecule has 0 aliphatic carbocycles. The van der Waals surface area contributed by atoms with E-state index in [0.717, 1.165) is 43.0 Å². The van der Waals surface area contributed by atoms with Crippen LogP contribution in [0.25, 0.3) is 0 Å². The first-order valence-electron chi connectivity index (χ1n) is 8.43. The van der Waals surface area contributed by atoms with Crippen LogP contribution < -0.4 is 10.2 Å². The van der Waals surface area contributed by atoms with Gasteiger partial charge in [0.05, 0.1) is 6.04 Å². The summed E-state index contributed by atoms with van der Waals surface area (Å²) < 4.78 is 0. The molecule has 0 spiro atoms. The minimum atomic E-state index is 0.00405. The Morgan fingerprint density at radius 1 is 1.21 bits per heavy atom. The van der Waals surface area contributed by atoms with Gasteiger partial charge in [-0.2, -0.15) is 0 Å². The maximum Gasteiger partial charge on any atom is 0.252 e. The summed E-state index contributed by atoms with van der Waals surface area (Å²) in [6, 6.07) is 10.3. The third-order valence-electron chi connectivity index (χ3n) is 4.65. The van der Waals surface area contributed by atoms with Crippen molar-refractivity contribution >= 4 is 22.9 Å². The van der Waals surface area contributed by atoms with Crippen LogP contribution in [0.2, 0.25) is 0 Å². The highest BCUT2D eigenvalue weighted by Crippen LogP contribution is 2.23. The van der Waals surface area contributed by atoms with Crippen LogP contribution in [0, 0.1) is 6.92 Å². The maximum absolute atomic E-state index is 12.7. The molecular weight excluding hydrogens is 318 g/mol. The number of piperazine rings is 1. The Labute approximate surface area is 148 Å². The Bertz CT molecular complexity index is 691. The standard InChI is InChI=1S/C19H25N3OS/c1-14-6-7-16(22-10-8-21(3)9-11-22)13-17(14)19(23)20-15(2)18-5-4-12-24-18/h4-7,12-13,15H,8-11H2,1-3H3,(H,20,23)/t15-/m1/s1. The molecule has 4 nitrogen and oxygen atoms in total. The predicted octanol–water partition coefficient (Wildman–Crippen LogP) is 3.30. The van der Waals surface area contributed by atoms with Crippen molar-refractivity contribution in [2.24, 2.45) is 0 Å². The number of benzene rings is 1. The molecule has 1 N–H and O–H groups in total. The van der Waals surface area contributed by atoms with Crippen molar-refractivity contribution < 1.29 is 4.79 Å². The molecule has 1 atom stereocenters. The van der Waals surface area contributed by atoms with Crippen molar-refractivity contribution in [3.8, 4) is 0 Å². The maximum atomic E-state index is 12.7. The summed E-state index contributed by atoms with van der Waals surface area (Å²) in [4.78, 5) is 18.6. The SMILES string of the molecule is Cc1ccc(N2CCN(C)CC2)cc1C(=O)N[C@H](C)c1cccs1. The number of nitrogens with zero attached hydrogens (tertiary/aromatic N) is 2. The second-order valence-electron chi connectivity index (χ2n) is 6.50. The van der Waals surface area contributed by atoms with Gasteiger partial charge in [-0.05, 0) is 50.0 Å². The lowest BCUT2D eigenvalue weighted by Gasteiger charge is -2.34. The quantitative estimate of drug-likeness (QED) is 0.925. The fourth-order valence-electron chi connectivity index (χ4n) is 3.00. The molecule has 1 aliphatic heterocycles. The Morgan fingerprint density at radius 3 is 2.62 bits per heavy atom. The molecule has 5 heteroatoms. The number of amides is 1. The van der Waals surface area contributed by atoms with Crippen LogP contribution in [0.3, 0.4) is 0 Å². The van der Waals surface area contributed by atoms with Crippen molar-refractivity contribution in [2.45, 2.75) is 19.9 Å². The van der Waals surface area contributed by atoms with Gasteiger partial charge in [0.25, 0.3) is 5.91 Å². The van der Waals surface area contributed by atoms with Crippen molar-refractivity contribution in [1.82, 2.24) is 10.2 Å². The molecule has 24 heavy (non-hydrogen) atoms. The van der Waals surface area contributed by atoms with E-state index in [0.29, 0.717) is 0 Å². The zero-order chi connectivity index (χ0) is 17.1. The number of hydrogen-bond donors (Lipinski definition) is 1. The van der Waals surface area contributed by atoms with Gasteiger partial charge in [0.15, 0.2) is 0 Å². The van der Waals surface area contributed by atoms with Crippen LogP contribution in [-0.2, 0) is 0 Å². The number of thiophene rings is 1. The Kier molecular flexibility index (Phi) is 5.21. The first kappa shape index (κ1) is 17.0. The zero-order valence-electron chi connectivity index (χ0n) is 14.6. The smallest absolute Gasteiger partial charge is 0.252 e. The number of anilines is 1. The number of carbonyl (C=O) groups excluding carboxylic acids is 1. The lowest BCUT2D eigenvalue weighted by Crippen LogP contribution is -2.44. The average Bonchev–Trinajstić information content (AvgIpc) is 3.10. The molecule has 1 fully saturated rings. The van der Waals surface area contributed by atoms with Gasteiger partial charge in [0.1, 0.15) is 0 Å². The van der Waals surface area contributed by atoms with Crippen LogP contribution in [-0.4, -0.2) is 44.0 Å². The highest BCUT2D eigenvalue weighted by molar-refractivity contribution is 7.10. The van der Waals surface area contributed by atoms with Gasteiger partial charge < -0.3 is 15.1 Å². The van der Waals surface area contributed by atoms with Gasteiger partial charge in [-0.15, -0.1) is 11.3 Å². The van der Waals surface area contributed by atoms with E-state index >= 15 is 0 Å². The Morgan fingerprint density at radius 2 is 1.96 bits per heavy atom. The molecule has 1 amide bonds. The van der Waals surface area contributed by atoms with E-state index in [1.165, 1.54) is 4.88 Å². The number of nitrogens with one attached hydrogen (secondary N) is 1. The molecule has 1 aromatic carbocycles. The van der Waals surface area contributed by atoms with Crippen LogP contribution in [0.4, 0.5) is 5.69 Å². The Hall–Kier alpha value is -1.85. The number of hydrogen-bond acceptors (Lipinski definition) is 4. The number of aryl methyl sites for hydroxylation is 1. The highest BCUT2D eigenvalue weighted by Gasteiger charge is 2.18. The van der Waals surface area contributed by atoms with Crippen LogP contribution in [0.15, 0.2) is 35.7 Å². The van der Waals surface area contributed by atoms with Crippen LogP contribution in [0.5, 0.6) is 0 Å². The van der Waals surface area contributed by atoms with E-state index in [2.05, 4.69) is 40.4 Å². The molecule has 0 unspecified atom stereocenters. The van der Waals surface area contributed by atoms with E-state index in [9.17, 15) is 4.79 Å². The number of likely N-dealkylation sites (N-methyl/N-ethyl adjacent to an activating group) is 1. The van der Waals surface area contributed by atoms with Gasteiger partial charge in [0.2, 0.25) is 0 Å². The molecule has 0 radical (unpaired) electrons. The van der Waals surface area contributed by atoms with Gasteiger partial charge in [-0.1, -0.05) is 12.1 Å². The molecule has 2 aromatic rings. The second kappa shape index (κ2) is 7.36. The summed E-state index contributed by atoms with van der Waals surface area (Å²) >= 11 is 1.67. The van der Waals surface area contributed by atoms with Crippen molar-refractivity contribution in [1.29, 1.82) is 0 Å². The largest absolute Gasteiger partial charge is 0.369 e. The van der Waals surface area contributed by atoms with E-state index in [-0.39, 0.29) is 11.9 Å². The molecule has 0 saturated carbocycles. The number of carbonyl (C=O) groups is 1. The fourth-order valence-corrected chi connectivity index (χ4v) is 3.73. The average molecular weight is 343 g/mol. The molecule has 1 aromatic heterocycles. The third kappa shape index (κ3) is 3.79. The summed E-state index contributed by atoms with van der Waals surface area (Å²) in [6.45, 7) is 8.16. The Balaban J connectivity index is 1.74. The number of rotatable bonds is 4. The third-order valence-corrected chi connectivity index (χ3v) is 5.71. The van der Waals surface area contributed by atoms with Crippen LogP contribution >= 0.6 is 11.3 Å². The van der Waals surface area contributed by atoms with Crippen molar-refractivity contribution in [3.05, 3.63) is 51.7 Å². The monoisotopic (exact) mass is 343 g/mol. The summed E-state index contributed by atoms with van der Waals surface area (Å²) in [5.41, 5.74) is 2.93. The molecule has 2 heterocycles. The minimum absolute atomic E-state index is 0.00405. The fraction of sp³-hybridized carbons (Fsp3) is 0.421. The van der Waals surface area contributed by atoms with E-state index < -0.39 is 0 Å². The first-order valence-corrected chi connectivity index (χ1v) is 9.31.